The zero-order valence-corrected chi connectivity index (χ0v) is 12.7. The lowest BCUT2D eigenvalue weighted by atomic mass is 10.3. The van der Waals surface area contributed by atoms with Gasteiger partial charge in [0.05, 0.1) is 16.2 Å². The summed E-state index contributed by atoms with van der Waals surface area (Å²) >= 11 is 11.8. The maximum atomic E-state index is 5.96. The lowest BCUT2D eigenvalue weighted by molar-refractivity contribution is 0.755. The Morgan fingerprint density at radius 3 is 2.75 bits per heavy atom. The van der Waals surface area contributed by atoms with Gasteiger partial charge in [-0.1, -0.05) is 30.1 Å². The molecule has 0 saturated carbocycles. The van der Waals surface area contributed by atoms with E-state index in [1.807, 2.05) is 0 Å². The predicted molar refractivity (Wildman–Crippen MR) is 82.9 cm³/mol. The fourth-order valence-electron chi connectivity index (χ4n) is 1.48. The number of nitrogens with zero attached hydrogens (tertiary/aromatic N) is 3. The van der Waals surface area contributed by atoms with E-state index in [0.29, 0.717) is 27.9 Å². The van der Waals surface area contributed by atoms with Crippen LogP contribution in [0.4, 0.5) is 17.5 Å². The van der Waals surface area contributed by atoms with Crippen molar-refractivity contribution in [1.82, 2.24) is 15.2 Å². The van der Waals surface area contributed by atoms with Gasteiger partial charge in [-0.25, -0.2) is 0 Å². The Balaban J connectivity index is 2.12. The van der Waals surface area contributed by atoms with Crippen LogP contribution in [0, 0.1) is 0 Å². The summed E-state index contributed by atoms with van der Waals surface area (Å²) in [7, 11) is 0. The number of rotatable bonds is 5. The minimum atomic E-state index is 0.324. The van der Waals surface area contributed by atoms with E-state index in [2.05, 4.69) is 39.7 Å². The number of hydrogen-bond acceptors (Lipinski definition) is 5. The predicted octanol–water partition coefficient (Wildman–Crippen LogP) is 4.13. The van der Waals surface area contributed by atoms with E-state index in [0.717, 1.165) is 12.1 Å². The molecule has 0 fully saturated rings. The molecule has 20 heavy (non-hydrogen) atoms. The van der Waals surface area contributed by atoms with Crippen LogP contribution in [-0.4, -0.2) is 21.2 Å². The highest BCUT2D eigenvalue weighted by atomic mass is 35.5. The molecule has 106 valence electrons. The Hall–Kier alpha value is -1.59. The molecule has 2 aromatic rings. The van der Waals surface area contributed by atoms with E-state index in [1.54, 1.807) is 24.4 Å². The summed E-state index contributed by atoms with van der Waals surface area (Å²) in [6, 6.07) is 5.54. The minimum absolute atomic E-state index is 0.324. The molecule has 0 saturated heterocycles. The molecule has 5 nitrogen and oxygen atoms in total. The Bertz CT molecular complexity index is 591. The zero-order valence-electron chi connectivity index (χ0n) is 11.2. The third-order valence-corrected chi connectivity index (χ3v) is 3.48. The van der Waals surface area contributed by atoms with Gasteiger partial charge in [0.1, 0.15) is 0 Å². The van der Waals surface area contributed by atoms with Crippen molar-refractivity contribution in [2.75, 3.05) is 10.6 Å². The van der Waals surface area contributed by atoms with Crippen molar-refractivity contribution in [3.05, 3.63) is 34.4 Å². The second kappa shape index (κ2) is 6.72. The van der Waals surface area contributed by atoms with Crippen LogP contribution in [0.25, 0.3) is 0 Å². The molecule has 1 aromatic heterocycles. The molecule has 0 aliphatic carbocycles. The van der Waals surface area contributed by atoms with Crippen molar-refractivity contribution in [1.29, 1.82) is 0 Å². The fourth-order valence-corrected chi connectivity index (χ4v) is 1.78. The van der Waals surface area contributed by atoms with Gasteiger partial charge < -0.3 is 10.6 Å². The molecule has 7 heteroatoms. The first-order chi connectivity index (χ1) is 9.58. The second-order valence-electron chi connectivity index (χ2n) is 4.37. The first-order valence-electron chi connectivity index (χ1n) is 6.27. The molecule has 1 atom stereocenters. The number of benzene rings is 1. The average molecular weight is 312 g/mol. The molecule has 1 unspecified atom stereocenters. The Morgan fingerprint density at radius 2 is 2.05 bits per heavy atom. The highest BCUT2D eigenvalue weighted by Gasteiger charge is 2.05. The van der Waals surface area contributed by atoms with Crippen molar-refractivity contribution in [2.45, 2.75) is 26.3 Å². The van der Waals surface area contributed by atoms with Gasteiger partial charge in [0.2, 0.25) is 5.95 Å². The molecule has 0 aliphatic heterocycles. The highest BCUT2D eigenvalue weighted by Crippen LogP contribution is 2.26. The van der Waals surface area contributed by atoms with Crippen LogP contribution in [0.1, 0.15) is 20.3 Å². The van der Waals surface area contributed by atoms with Gasteiger partial charge in [-0.15, -0.1) is 5.10 Å². The Morgan fingerprint density at radius 1 is 1.25 bits per heavy atom. The van der Waals surface area contributed by atoms with Crippen LogP contribution in [0.5, 0.6) is 0 Å². The second-order valence-corrected chi connectivity index (χ2v) is 5.19. The zero-order chi connectivity index (χ0) is 14.5. The van der Waals surface area contributed by atoms with E-state index >= 15 is 0 Å². The maximum Gasteiger partial charge on any atom is 0.249 e. The van der Waals surface area contributed by atoms with Gasteiger partial charge in [-0.2, -0.15) is 10.1 Å². The van der Waals surface area contributed by atoms with Crippen molar-refractivity contribution < 1.29 is 0 Å². The molecule has 0 spiro atoms. The third kappa shape index (κ3) is 3.95. The minimum Gasteiger partial charge on any atom is -0.366 e. The molecule has 0 radical (unpaired) electrons. The van der Waals surface area contributed by atoms with E-state index in [4.69, 9.17) is 23.2 Å². The molecule has 2 N–H and O–H groups in total. The monoisotopic (exact) mass is 311 g/mol. The van der Waals surface area contributed by atoms with Crippen LogP contribution in [0.15, 0.2) is 24.4 Å². The fraction of sp³-hybridized carbons (Fsp3) is 0.308. The third-order valence-electron chi connectivity index (χ3n) is 2.74. The van der Waals surface area contributed by atoms with Crippen molar-refractivity contribution >= 4 is 40.7 Å². The van der Waals surface area contributed by atoms with Crippen molar-refractivity contribution in [3.63, 3.8) is 0 Å². The molecule has 2 rings (SSSR count). The number of nitrogens with one attached hydrogen (secondary N) is 2. The van der Waals surface area contributed by atoms with E-state index in [1.165, 1.54) is 0 Å². The summed E-state index contributed by atoms with van der Waals surface area (Å²) in [6.45, 7) is 4.18. The quantitative estimate of drug-likeness (QED) is 0.869. The summed E-state index contributed by atoms with van der Waals surface area (Å²) in [5.41, 5.74) is 0.752. The van der Waals surface area contributed by atoms with Gasteiger partial charge in [0, 0.05) is 11.7 Å². The maximum absolute atomic E-state index is 5.96. The summed E-state index contributed by atoms with van der Waals surface area (Å²) in [6.07, 6.45) is 2.59. The van der Waals surface area contributed by atoms with Crippen LogP contribution in [0.3, 0.4) is 0 Å². The standard InChI is InChI=1S/C13H15Cl2N5/c1-3-8(2)17-12-7-16-20-13(19-12)18-9-4-5-10(14)11(15)6-9/h4-8H,3H2,1-2H3,(H2,17,18,19,20). The Kier molecular flexibility index (Phi) is 4.98. The molecular formula is C13H15Cl2N5. The molecule has 1 aromatic carbocycles. The van der Waals surface area contributed by atoms with Crippen molar-refractivity contribution in [3.8, 4) is 0 Å². The lowest BCUT2D eigenvalue weighted by Gasteiger charge is -2.12. The Labute approximate surface area is 127 Å². The summed E-state index contributed by atoms with van der Waals surface area (Å²) in [5, 5.41) is 15.1. The van der Waals surface area contributed by atoms with E-state index in [-0.39, 0.29) is 0 Å². The van der Waals surface area contributed by atoms with Crippen molar-refractivity contribution in [2.24, 2.45) is 0 Å². The van der Waals surface area contributed by atoms with Gasteiger partial charge in [-0.05, 0) is 31.5 Å². The topological polar surface area (TPSA) is 62.7 Å². The number of aromatic nitrogens is 3. The summed E-state index contributed by atoms with van der Waals surface area (Å²) in [5.74, 6) is 1.08. The average Bonchev–Trinajstić information content (AvgIpc) is 2.43. The van der Waals surface area contributed by atoms with Gasteiger partial charge in [-0.3, -0.25) is 0 Å². The van der Waals surface area contributed by atoms with Crippen LogP contribution in [-0.2, 0) is 0 Å². The number of anilines is 3. The van der Waals surface area contributed by atoms with Crippen LogP contribution >= 0.6 is 23.2 Å². The first-order valence-corrected chi connectivity index (χ1v) is 7.02. The van der Waals surface area contributed by atoms with Gasteiger partial charge >= 0.3 is 0 Å². The smallest absolute Gasteiger partial charge is 0.249 e. The highest BCUT2D eigenvalue weighted by molar-refractivity contribution is 6.42. The normalized spacial score (nSPS) is 12.0. The molecule has 1 heterocycles. The SMILES string of the molecule is CCC(C)Nc1cnnc(Nc2ccc(Cl)c(Cl)c2)n1. The number of halogens is 2. The molecular weight excluding hydrogens is 297 g/mol. The van der Waals surface area contributed by atoms with Crippen LogP contribution in [0.2, 0.25) is 10.0 Å². The van der Waals surface area contributed by atoms with Gasteiger partial charge in [0.15, 0.2) is 5.82 Å². The largest absolute Gasteiger partial charge is 0.366 e. The van der Waals surface area contributed by atoms with E-state index < -0.39 is 0 Å². The van der Waals surface area contributed by atoms with Gasteiger partial charge in [0.25, 0.3) is 0 Å². The summed E-state index contributed by atoms with van der Waals surface area (Å²) in [4.78, 5) is 4.34. The number of hydrogen-bond donors (Lipinski definition) is 2. The van der Waals surface area contributed by atoms with Crippen LogP contribution < -0.4 is 10.6 Å². The summed E-state index contributed by atoms with van der Waals surface area (Å²) < 4.78 is 0. The molecule has 0 amide bonds. The van der Waals surface area contributed by atoms with E-state index in [9.17, 15) is 0 Å². The first kappa shape index (κ1) is 14.8. The molecule has 0 bridgehead atoms. The molecule has 0 aliphatic rings. The lowest BCUT2D eigenvalue weighted by Crippen LogP contribution is -2.15.